The molecule has 0 aliphatic carbocycles. The van der Waals surface area contributed by atoms with Gasteiger partial charge in [0, 0.05) is 19.0 Å². The number of aliphatic carboxylic acids is 1. The van der Waals surface area contributed by atoms with Crippen molar-refractivity contribution in [2.45, 2.75) is 52.1 Å². The van der Waals surface area contributed by atoms with Crippen LogP contribution >= 0.6 is 15.9 Å². The Bertz CT molecular complexity index is 567. The molecule has 0 saturated carbocycles. The molecule has 0 bridgehead atoms. The van der Waals surface area contributed by atoms with E-state index in [1.807, 2.05) is 0 Å². The predicted octanol–water partition coefficient (Wildman–Crippen LogP) is 2.43. The molecule has 134 valence electrons. The first kappa shape index (κ1) is 20.1. The van der Waals surface area contributed by atoms with Gasteiger partial charge in [-0.2, -0.15) is 5.01 Å². The molecule has 0 unspecified atom stereocenters. The van der Waals surface area contributed by atoms with E-state index in [4.69, 9.17) is 9.84 Å². The average Bonchev–Trinajstić information content (AvgIpc) is 2.66. The highest BCUT2D eigenvalue weighted by molar-refractivity contribution is 9.12. The topological polar surface area (TPSA) is 104 Å². The minimum absolute atomic E-state index is 0.0289. The van der Waals surface area contributed by atoms with Crippen molar-refractivity contribution in [2.24, 2.45) is 0 Å². The summed E-state index contributed by atoms with van der Waals surface area (Å²) in [6.07, 6.45) is 1.72. The van der Waals surface area contributed by atoms with E-state index in [0.29, 0.717) is 19.3 Å². The molecule has 1 N–H and O–H groups in total. The summed E-state index contributed by atoms with van der Waals surface area (Å²) in [5.41, 5.74) is -0.783. The van der Waals surface area contributed by atoms with Crippen LogP contribution in [0.1, 0.15) is 46.5 Å². The highest BCUT2D eigenvalue weighted by atomic mass is 79.9. The number of carboxylic acids is 1. The maximum Gasteiger partial charge on any atom is 0.429 e. The average molecular weight is 405 g/mol. The summed E-state index contributed by atoms with van der Waals surface area (Å²) in [4.78, 5) is 46.9. The number of hydrogen-bond acceptors (Lipinski definition) is 5. The van der Waals surface area contributed by atoms with E-state index in [9.17, 15) is 19.2 Å². The third kappa shape index (κ3) is 5.95. The molecule has 1 rings (SSSR count). The lowest BCUT2D eigenvalue weighted by Gasteiger charge is -2.32. The fraction of sp³-hybridized carbons (Fsp3) is 0.600. The molecule has 3 amide bonds. The van der Waals surface area contributed by atoms with Crippen LogP contribution in [0.4, 0.5) is 4.79 Å². The van der Waals surface area contributed by atoms with Crippen molar-refractivity contribution >= 4 is 39.8 Å². The number of halogens is 1. The third-order valence-corrected chi connectivity index (χ3v) is 3.53. The van der Waals surface area contributed by atoms with Gasteiger partial charge < -0.3 is 9.84 Å². The second-order valence-electron chi connectivity index (χ2n) is 6.26. The number of ether oxygens (including phenoxy) is 1. The molecule has 0 aromatic heterocycles. The van der Waals surface area contributed by atoms with E-state index in [0.717, 1.165) is 16.1 Å². The molecule has 0 aromatic carbocycles. The summed E-state index contributed by atoms with van der Waals surface area (Å²) in [6, 6.07) is 0. The molecule has 0 radical (unpaired) electrons. The molecule has 8 nitrogen and oxygen atoms in total. The standard InChI is InChI=1S/C15H21BrN2O6/c1-15(2,3)24-14(23)17(8-6-4-5-7-12(20)21)18-11(19)9-10(16)13(18)22/h9H,4-8H2,1-3H3,(H,20,21). The molecule has 0 spiro atoms. The number of rotatable bonds is 7. The van der Waals surface area contributed by atoms with Crippen LogP contribution in [0.2, 0.25) is 0 Å². The molecular formula is C15H21BrN2O6. The maximum absolute atomic E-state index is 12.3. The molecule has 1 heterocycles. The van der Waals surface area contributed by atoms with Gasteiger partial charge in [-0.25, -0.2) is 9.80 Å². The van der Waals surface area contributed by atoms with Gasteiger partial charge in [-0.1, -0.05) is 6.42 Å². The van der Waals surface area contributed by atoms with Gasteiger partial charge in [-0.05, 0) is 49.5 Å². The highest BCUT2D eigenvalue weighted by Crippen LogP contribution is 2.22. The van der Waals surface area contributed by atoms with Gasteiger partial charge in [0.05, 0.1) is 4.48 Å². The van der Waals surface area contributed by atoms with Gasteiger partial charge in [0.2, 0.25) is 0 Å². The predicted molar refractivity (Wildman–Crippen MR) is 87.9 cm³/mol. The Morgan fingerprint density at radius 3 is 2.33 bits per heavy atom. The van der Waals surface area contributed by atoms with Crippen molar-refractivity contribution in [3.63, 3.8) is 0 Å². The summed E-state index contributed by atoms with van der Waals surface area (Å²) < 4.78 is 5.31. The summed E-state index contributed by atoms with van der Waals surface area (Å²) in [5.74, 6) is -2.17. The molecule has 1 aliphatic heterocycles. The molecule has 0 fully saturated rings. The Hall–Kier alpha value is -1.90. The van der Waals surface area contributed by atoms with Gasteiger partial charge in [0.1, 0.15) is 5.60 Å². The van der Waals surface area contributed by atoms with Gasteiger partial charge in [0.25, 0.3) is 11.8 Å². The molecule has 1 aliphatic rings. The smallest absolute Gasteiger partial charge is 0.429 e. The molecule has 0 aromatic rings. The number of amides is 3. The summed E-state index contributed by atoms with van der Waals surface area (Å²) in [5, 5.41) is 10.3. The number of hydrazine groups is 1. The lowest BCUT2D eigenvalue weighted by atomic mass is 10.2. The van der Waals surface area contributed by atoms with Crippen LogP contribution in [0.5, 0.6) is 0 Å². The molecule has 9 heteroatoms. The van der Waals surface area contributed by atoms with E-state index in [-0.39, 0.29) is 17.4 Å². The van der Waals surface area contributed by atoms with Crippen LogP contribution in [0, 0.1) is 0 Å². The van der Waals surface area contributed by atoms with Crippen LogP contribution < -0.4 is 0 Å². The minimum atomic E-state index is -0.892. The Kier molecular flexibility index (Phi) is 6.94. The number of carbonyl (C=O) groups is 4. The van der Waals surface area contributed by atoms with Crippen LogP contribution in [0.15, 0.2) is 10.6 Å². The first-order valence-corrected chi connectivity index (χ1v) is 8.30. The largest absolute Gasteiger partial charge is 0.481 e. The van der Waals surface area contributed by atoms with Gasteiger partial charge in [-0.3, -0.25) is 14.4 Å². The molecule has 24 heavy (non-hydrogen) atoms. The lowest BCUT2D eigenvalue weighted by Crippen LogP contribution is -2.52. The van der Waals surface area contributed by atoms with Crippen molar-refractivity contribution in [3.05, 3.63) is 10.6 Å². The Morgan fingerprint density at radius 1 is 1.25 bits per heavy atom. The molecule has 0 atom stereocenters. The van der Waals surface area contributed by atoms with Crippen molar-refractivity contribution < 1.29 is 29.0 Å². The van der Waals surface area contributed by atoms with E-state index in [2.05, 4.69) is 15.9 Å². The summed E-state index contributed by atoms with van der Waals surface area (Å²) in [6.45, 7) is 5.10. The van der Waals surface area contributed by atoms with Crippen LogP contribution in [0.3, 0.4) is 0 Å². The zero-order chi connectivity index (χ0) is 18.5. The van der Waals surface area contributed by atoms with Crippen LogP contribution in [-0.4, -0.2) is 51.1 Å². The Labute approximate surface area is 148 Å². The Balaban J connectivity index is 2.77. The van der Waals surface area contributed by atoms with Crippen LogP contribution in [0.25, 0.3) is 0 Å². The number of nitrogens with zero attached hydrogens (tertiary/aromatic N) is 2. The minimum Gasteiger partial charge on any atom is -0.481 e. The Morgan fingerprint density at radius 2 is 1.88 bits per heavy atom. The van der Waals surface area contributed by atoms with E-state index < -0.39 is 29.5 Å². The quantitative estimate of drug-likeness (QED) is 0.515. The summed E-state index contributed by atoms with van der Waals surface area (Å²) >= 11 is 2.98. The SMILES string of the molecule is CC(C)(C)OC(=O)N(CCCCCC(=O)O)N1C(=O)C=C(Br)C1=O. The zero-order valence-electron chi connectivity index (χ0n) is 13.9. The third-order valence-electron chi connectivity index (χ3n) is 2.96. The van der Waals surface area contributed by atoms with Crippen molar-refractivity contribution in [1.82, 2.24) is 10.0 Å². The number of carboxylic acid groups (broad SMARTS) is 1. The fourth-order valence-corrected chi connectivity index (χ4v) is 2.33. The first-order chi connectivity index (χ1) is 11.0. The van der Waals surface area contributed by atoms with Gasteiger partial charge in [-0.15, -0.1) is 0 Å². The van der Waals surface area contributed by atoms with Crippen molar-refractivity contribution in [2.75, 3.05) is 6.54 Å². The monoisotopic (exact) mass is 404 g/mol. The van der Waals surface area contributed by atoms with Crippen LogP contribution in [-0.2, 0) is 19.1 Å². The normalized spacial score (nSPS) is 14.7. The second kappa shape index (κ2) is 8.27. The lowest BCUT2D eigenvalue weighted by molar-refractivity contribution is -0.154. The first-order valence-electron chi connectivity index (χ1n) is 7.51. The number of hydrogen-bond donors (Lipinski definition) is 1. The van der Waals surface area contributed by atoms with E-state index in [1.165, 1.54) is 0 Å². The maximum atomic E-state index is 12.3. The molecular weight excluding hydrogens is 384 g/mol. The summed E-state index contributed by atoms with van der Waals surface area (Å²) in [7, 11) is 0. The fourth-order valence-electron chi connectivity index (χ4n) is 1.96. The highest BCUT2D eigenvalue weighted by Gasteiger charge is 2.38. The zero-order valence-corrected chi connectivity index (χ0v) is 15.5. The number of imide groups is 1. The number of carbonyl (C=O) groups excluding carboxylic acids is 3. The van der Waals surface area contributed by atoms with Gasteiger partial charge >= 0.3 is 12.1 Å². The van der Waals surface area contributed by atoms with E-state index in [1.54, 1.807) is 20.8 Å². The van der Waals surface area contributed by atoms with E-state index >= 15 is 0 Å². The van der Waals surface area contributed by atoms with Crippen molar-refractivity contribution in [1.29, 1.82) is 0 Å². The second-order valence-corrected chi connectivity index (χ2v) is 7.11. The molecule has 0 saturated heterocycles. The number of unbranched alkanes of at least 4 members (excludes halogenated alkanes) is 2. The van der Waals surface area contributed by atoms with Crippen molar-refractivity contribution in [3.8, 4) is 0 Å². The van der Waals surface area contributed by atoms with Gasteiger partial charge in [0.15, 0.2) is 0 Å².